The maximum absolute atomic E-state index is 5.34. The van der Waals surface area contributed by atoms with Crippen molar-refractivity contribution in [3.8, 4) is 5.75 Å². The highest BCUT2D eigenvalue weighted by molar-refractivity contribution is 5.86. The molecule has 1 saturated heterocycles. The summed E-state index contributed by atoms with van der Waals surface area (Å²) in [5.74, 6) is 0.939. The Kier molecular flexibility index (Phi) is 3.47. The topological polar surface area (TPSA) is 28.3 Å². The molecule has 1 aromatic heterocycles. The summed E-state index contributed by atoms with van der Waals surface area (Å²) in [6.07, 6.45) is 3.85. The SMILES string of the molecule is COc1ccc2[nH]c(C)c(CCN3CCCC3)c2c1. The maximum atomic E-state index is 5.34. The number of aryl methyl sites for hydroxylation is 1. The van der Waals surface area contributed by atoms with Crippen LogP contribution in [0.2, 0.25) is 0 Å². The van der Waals surface area contributed by atoms with E-state index in [0.29, 0.717) is 0 Å². The number of rotatable bonds is 4. The van der Waals surface area contributed by atoms with Crippen LogP contribution in [0.5, 0.6) is 5.75 Å². The van der Waals surface area contributed by atoms with Gasteiger partial charge < -0.3 is 14.6 Å². The zero-order valence-electron chi connectivity index (χ0n) is 11.8. The normalized spacial score (nSPS) is 16.3. The molecule has 2 heterocycles. The Hall–Kier alpha value is -1.48. The van der Waals surface area contributed by atoms with Crippen molar-refractivity contribution in [3.05, 3.63) is 29.5 Å². The van der Waals surface area contributed by atoms with Crippen molar-refractivity contribution < 1.29 is 4.74 Å². The van der Waals surface area contributed by atoms with Gasteiger partial charge in [-0.1, -0.05) is 0 Å². The molecule has 0 spiro atoms. The zero-order chi connectivity index (χ0) is 13.2. The Bertz CT molecular complexity index is 567. The number of aromatic nitrogens is 1. The minimum Gasteiger partial charge on any atom is -0.497 e. The molecule has 0 bridgehead atoms. The molecule has 19 heavy (non-hydrogen) atoms. The van der Waals surface area contributed by atoms with Crippen molar-refractivity contribution in [2.24, 2.45) is 0 Å². The minimum absolute atomic E-state index is 0.939. The second-order valence-electron chi connectivity index (χ2n) is 5.44. The molecule has 0 atom stereocenters. The van der Waals surface area contributed by atoms with Crippen LogP contribution in [-0.2, 0) is 6.42 Å². The van der Waals surface area contributed by atoms with Crippen molar-refractivity contribution in [1.29, 1.82) is 0 Å². The average Bonchev–Trinajstić information content (AvgIpc) is 3.03. The van der Waals surface area contributed by atoms with Gasteiger partial charge in [0.1, 0.15) is 5.75 Å². The highest BCUT2D eigenvalue weighted by Crippen LogP contribution is 2.27. The van der Waals surface area contributed by atoms with Crippen LogP contribution in [0.15, 0.2) is 18.2 Å². The molecule has 1 N–H and O–H groups in total. The van der Waals surface area contributed by atoms with Crippen LogP contribution in [-0.4, -0.2) is 36.6 Å². The highest BCUT2D eigenvalue weighted by Gasteiger charge is 2.14. The Labute approximate surface area is 114 Å². The lowest BCUT2D eigenvalue weighted by Crippen LogP contribution is -2.22. The molecule has 0 unspecified atom stereocenters. The summed E-state index contributed by atoms with van der Waals surface area (Å²) < 4.78 is 5.34. The van der Waals surface area contributed by atoms with Crippen molar-refractivity contribution in [2.75, 3.05) is 26.7 Å². The van der Waals surface area contributed by atoms with Crippen LogP contribution < -0.4 is 4.74 Å². The summed E-state index contributed by atoms with van der Waals surface area (Å²) in [5.41, 5.74) is 3.96. The van der Waals surface area contributed by atoms with E-state index < -0.39 is 0 Å². The average molecular weight is 258 g/mol. The monoisotopic (exact) mass is 258 g/mol. The first-order valence-electron chi connectivity index (χ1n) is 7.15. The molecule has 0 radical (unpaired) electrons. The number of likely N-dealkylation sites (tertiary alicyclic amines) is 1. The molecule has 3 rings (SSSR count). The molecule has 102 valence electrons. The summed E-state index contributed by atoms with van der Waals surface area (Å²) in [6, 6.07) is 6.28. The quantitative estimate of drug-likeness (QED) is 0.912. The Morgan fingerprint density at radius 2 is 2.05 bits per heavy atom. The number of hydrogen-bond donors (Lipinski definition) is 1. The summed E-state index contributed by atoms with van der Waals surface area (Å²) >= 11 is 0. The van der Waals surface area contributed by atoms with E-state index in [1.165, 1.54) is 54.6 Å². The molecule has 1 aliphatic heterocycles. The fraction of sp³-hybridized carbons (Fsp3) is 0.500. The van der Waals surface area contributed by atoms with E-state index in [1.54, 1.807) is 7.11 Å². The van der Waals surface area contributed by atoms with E-state index in [9.17, 15) is 0 Å². The minimum atomic E-state index is 0.939. The van der Waals surface area contributed by atoms with Gasteiger partial charge in [0.15, 0.2) is 0 Å². The van der Waals surface area contributed by atoms with Crippen molar-refractivity contribution in [2.45, 2.75) is 26.2 Å². The molecule has 1 aliphatic rings. The molecule has 3 nitrogen and oxygen atoms in total. The van der Waals surface area contributed by atoms with Gasteiger partial charge in [-0.3, -0.25) is 0 Å². The zero-order valence-corrected chi connectivity index (χ0v) is 11.8. The molecule has 0 amide bonds. The largest absolute Gasteiger partial charge is 0.497 e. The Morgan fingerprint density at radius 3 is 2.79 bits per heavy atom. The number of fused-ring (bicyclic) bond motifs is 1. The van der Waals surface area contributed by atoms with Gasteiger partial charge in [0.2, 0.25) is 0 Å². The number of H-pyrrole nitrogens is 1. The number of ether oxygens (including phenoxy) is 1. The second kappa shape index (κ2) is 5.25. The molecule has 0 aliphatic carbocycles. The fourth-order valence-corrected chi connectivity index (χ4v) is 3.09. The van der Waals surface area contributed by atoms with Gasteiger partial charge in [0.05, 0.1) is 7.11 Å². The Balaban J connectivity index is 1.85. The van der Waals surface area contributed by atoms with E-state index in [4.69, 9.17) is 4.74 Å². The van der Waals surface area contributed by atoms with Crippen LogP contribution in [0.1, 0.15) is 24.1 Å². The lowest BCUT2D eigenvalue weighted by Gasteiger charge is -2.14. The third-order valence-corrected chi connectivity index (χ3v) is 4.20. The van der Waals surface area contributed by atoms with E-state index in [1.807, 2.05) is 6.07 Å². The van der Waals surface area contributed by atoms with Gasteiger partial charge in [0, 0.05) is 23.1 Å². The predicted molar refractivity (Wildman–Crippen MR) is 79.0 cm³/mol. The van der Waals surface area contributed by atoms with E-state index in [2.05, 4.69) is 28.9 Å². The van der Waals surface area contributed by atoms with Crippen LogP contribution in [0.4, 0.5) is 0 Å². The van der Waals surface area contributed by atoms with Crippen LogP contribution in [0.25, 0.3) is 10.9 Å². The first-order valence-corrected chi connectivity index (χ1v) is 7.15. The van der Waals surface area contributed by atoms with Crippen molar-refractivity contribution in [1.82, 2.24) is 9.88 Å². The van der Waals surface area contributed by atoms with E-state index >= 15 is 0 Å². The smallest absolute Gasteiger partial charge is 0.119 e. The second-order valence-corrected chi connectivity index (χ2v) is 5.44. The number of hydrogen-bond acceptors (Lipinski definition) is 2. The number of aromatic amines is 1. The lowest BCUT2D eigenvalue weighted by atomic mass is 10.1. The molecule has 2 aromatic rings. The Morgan fingerprint density at radius 1 is 1.26 bits per heavy atom. The number of benzene rings is 1. The van der Waals surface area contributed by atoms with Gasteiger partial charge in [-0.05, 0) is 63.0 Å². The summed E-state index contributed by atoms with van der Waals surface area (Å²) in [5, 5.41) is 1.32. The summed E-state index contributed by atoms with van der Waals surface area (Å²) in [6.45, 7) is 5.88. The molecule has 1 fully saturated rings. The standard InChI is InChI=1S/C16H22N2O/c1-12-14(7-10-18-8-3-4-9-18)15-11-13(19-2)5-6-16(15)17-12/h5-6,11,17H,3-4,7-10H2,1-2H3. The van der Waals surface area contributed by atoms with Gasteiger partial charge in [0.25, 0.3) is 0 Å². The van der Waals surface area contributed by atoms with Crippen LogP contribution in [0, 0.1) is 6.92 Å². The summed E-state index contributed by atoms with van der Waals surface area (Å²) in [4.78, 5) is 6.05. The van der Waals surface area contributed by atoms with Crippen LogP contribution >= 0.6 is 0 Å². The van der Waals surface area contributed by atoms with Crippen molar-refractivity contribution >= 4 is 10.9 Å². The molecular formula is C16H22N2O. The number of methoxy groups -OCH3 is 1. The van der Waals surface area contributed by atoms with Gasteiger partial charge >= 0.3 is 0 Å². The van der Waals surface area contributed by atoms with Crippen molar-refractivity contribution in [3.63, 3.8) is 0 Å². The summed E-state index contributed by atoms with van der Waals surface area (Å²) in [7, 11) is 1.73. The number of nitrogens with zero attached hydrogens (tertiary/aromatic N) is 1. The maximum Gasteiger partial charge on any atom is 0.119 e. The van der Waals surface area contributed by atoms with Gasteiger partial charge in [-0.2, -0.15) is 0 Å². The lowest BCUT2D eigenvalue weighted by molar-refractivity contribution is 0.343. The molecule has 0 saturated carbocycles. The third kappa shape index (κ3) is 2.47. The highest BCUT2D eigenvalue weighted by atomic mass is 16.5. The molecule has 3 heteroatoms. The predicted octanol–water partition coefficient (Wildman–Crippen LogP) is 3.12. The third-order valence-electron chi connectivity index (χ3n) is 4.20. The number of nitrogens with one attached hydrogen (secondary N) is 1. The van der Waals surface area contributed by atoms with E-state index in [-0.39, 0.29) is 0 Å². The van der Waals surface area contributed by atoms with E-state index in [0.717, 1.165) is 12.2 Å². The van der Waals surface area contributed by atoms with Crippen LogP contribution in [0.3, 0.4) is 0 Å². The van der Waals surface area contributed by atoms with Gasteiger partial charge in [-0.15, -0.1) is 0 Å². The first-order chi connectivity index (χ1) is 9.28. The fourth-order valence-electron chi connectivity index (χ4n) is 3.09. The molecule has 1 aromatic carbocycles. The first kappa shape index (κ1) is 12.5. The molecular weight excluding hydrogens is 236 g/mol. The van der Waals surface area contributed by atoms with Gasteiger partial charge in [-0.25, -0.2) is 0 Å².